The van der Waals surface area contributed by atoms with Crippen LogP contribution in [0.1, 0.15) is 18.1 Å². The molecule has 0 aromatic heterocycles. The molecule has 0 aliphatic rings. The van der Waals surface area contributed by atoms with Gasteiger partial charge in [-0.25, -0.2) is 0 Å². The Labute approximate surface area is 187 Å². The van der Waals surface area contributed by atoms with E-state index in [2.05, 4.69) is 16.7 Å². The summed E-state index contributed by atoms with van der Waals surface area (Å²) in [5.74, 6) is 0.369. The van der Waals surface area contributed by atoms with Crippen LogP contribution in [0.3, 0.4) is 0 Å². The molecule has 0 fully saturated rings. The van der Waals surface area contributed by atoms with Crippen molar-refractivity contribution in [2.24, 2.45) is 0 Å². The van der Waals surface area contributed by atoms with Gasteiger partial charge in [-0.1, -0.05) is 24.3 Å². The standard InChI is InChI=1S/C25H26N2O3S/c1-17-13-18(2)15-21(14-17)27-25(29)19(3)31-23-11-9-20(10-12-23)26-24(28)16-30-22-7-5-4-6-8-22/h4-15,19H,16H2,1-3H3,(H,26,28)(H,27,29). The molecule has 0 aliphatic carbocycles. The molecule has 3 rings (SSSR count). The molecule has 3 aromatic carbocycles. The lowest BCUT2D eigenvalue weighted by Gasteiger charge is -2.13. The number of benzene rings is 3. The second-order valence-electron chi connectivity index (χ2n) is 7.30. The van der Waals surface area contributed by atoms with Crippen molar-refractivity contribution in [1.82, 2.24) is 0 Å². The van der Waals surface area contributed by atoms with Crippen LogP contribution in [-0.4, -0.2) is 23.7 Å². The summed E-state index contributed by atoms with van der Waals surface area (Å²) < 4.78 is 5.45. The Morgan fingerprint density at radius 1 is 0.871 bits per heavy atom. The molecule has 1 unspecified atom stereocenters. The Kier molecular flexibility index (Phi) is 7.73. The lowest BCUT2D eigenvalue weighted by molar-refractivity contribution is -0.118. The van der Waals surface area contributed by atoms with Gasteiger partial charge in [0.15, 0.2) is 6.61 Å². The fourth-order valence-electron chi connectivity index (χ4n) is 3.03. The molecular weight excluding hydrogens is 408 g/mol. The minimum absolute atomic E-state index is 0.0505. The van der Waals surface area contributed by atoms with Gasteiger partial charge in [0.05, 0.1) is 5.25 Å². The summed E-state index contributed by atoms with van der Waals surface area (Å²) in [4.78, 5) is 25.5. The van der Waals surface area contributed by atoms with Gasteiger partial charge in [-0.15, -0.1) is 11.8 Å². The van der Waals surface area contributed by atoms with Gasteiger partial charge in [0.2, 0.25) is 5.91 Å². The number of carbonyl (C=O) groups is 2. The molecule has 0 radical (unpaired) electrons. The number of hydrogen-bond acceptors (Lipinski definition) is 4. The van der Waals surface area contributed by atoms with Crippen LogP contribution in [0.4, 0.5) is 11.4 Å². The van der Waals surface area contributed by atoms with Gasteiger partial charge in [-0.3, -0.25) is 9.59 Å². The van der Waals surface area contributed by atoms with Crippen molar-refractivity contribution in [3.8, 4) is 5.75 Å². The second kappa shape index (κ2) is 10.7. The zero-order chi connectivity index (χ0) is 22.2. The van der Waals surface area contributed by atoms with Crippen LogP contribution < -0.4 is 15.4 Å². The molecule has 31 heavy (non-hydrogen) atoms. The fourth-order valence-corrected chi connectivity index (χ4v) is 3.90. The molecule has 0 aliphatic heterocycles. The van der Waals surface area contributed by atoms with Crippen LogP contribution in [0, 0.1) is 13.8 Å². The van der Waals surface area contributed by atoms with Crippen LogP contribution in [-0.2, 0) is 9.59 Å². The first-order valence-corrected chi connectivity index (χ1v) is 10.9. The van der Waals surface area contributed by atoms with Crippen molar-refractivity contribution in [1.29, 1.82) is 0 Å². The number of anilines is 2. The summed E-state index contributed by atoms with van der Waals surface area (Å²) in [6.45, 7) is 5.83. The average molecular weight is 435 g/mol. The monoisotopic (exact) mass is 434 g/mol. The Bertz CT molecular complexity index is 1020. The van der Waals surface area contributed by atoms with Crippen LogP contribution in [0.5, 0.6) is 5.75 Å². The largest absolute Gasteiger partial charge is 0.484 e. The lowest BCUT2D eigenvalue weighted by Crippen LogP contribution is -2.22. The van der Waals surface area contributed by atoms with E-state index in [-0.39, 0.29) is 23.7 Å². The summed E-state index contributed by atoms with van der Waals surface area (Å²) in [5.41, 5.74) is 3.72. The number of ether oxygens (including phenoxy) is 1. The maximum atomic E-state index is 12.5. The summed E-state index contributed by atoms with van der Waals surface area (Å²) in [7, 11) is 0. The van der Waals surface area contributed by atoms with E-state index in [4.69, 9.17) is 4.74 Å². The molecule has 0 saturated carbocycles. The summed E-state index contributed by atoms with van der Waals surface area (Å²) in [6, 6.07) is 22.6. The first-order valence-electron chi connectivity index (χ1n) is 10.0. The molecule has 2 amide bonds. The van der Waals surface area contributed by atoms with Crippen molar-refractivity contribution < 1.29 is 14.3 Å². The van der Waals surface area contributed by atoms with Gasteiger partial charge in [0.25, 0.3) is 5.91 Å². The van der Waals surface area contributed by atoms with Crippen molar-refractivity contribution >= 4 is 35.0 Å². The molecule has 160 valence electrons. The highest BCUT2D eigenvalue weighted by atomic mass is 32.2. The number of aryl methyl sites for hydroxylation is 2. The maximum absolute atomic E-state index is 12.5. The molecule has 0 saturated heterocycles. The lowest BCUT2D eigenvalue weighted by atomic mass is 10.1. The Morgan fingerprint density at radius 3 is 2.16 bits per heavy atom. The predicted molar refractivity (Wildman–Crippen MR) is 127 cm³/mol. The summed E-state index contributed by atoms with van der Waals surface area (Å²) in [6.07, 6.45) is 0. The number of thioether (sulfide) groups is 1. The van der Waals surface area contributed by atoms with Crippen molar-refractivity contribution in [3.05, 3.63) is 83.9 Å². The minimum Gasteiger partial charge on any atom is -0.484 e. The SMILES string of the molecule is Cc1cc(C)cc(NC(=O)C(C)Sc2ccc(NC(=O)COc3ccccc3)cc2)c1. The first kappa shape index (κ1) is 22.4. The number of nitrogens with one attached hydrogen (secondary N) is 2. The molecule has 0 heterocycles. The summed E-state index contributed by atoms with van der Waals surface area (Å²) >= 11 is 1.47. The molecule has 0 spiro atoms. The van der Waals surface area contributed by atoms with Crippen LogP contribution >= 0.6 is 11.8 Å². The Balaban J connectivity index is 1.48. The van der Waals surface area contributed by atoms with E-state index in [1.165, 1.54) is 11.8 Å². The van der Waals surface area contributed by atoms with E-state index in [1.54, 1.807) is 12.1 Å². The number of amides is 2. The zero-order valence-electron chi connectivity index (χ0n) is 17.8. The highest BCUT2D eigenvalue weighted by Gasteiger charge is 2.15. The van der Waals surface area contributed by atoms with E-state index >= 15 is 0 Å². The van der Waals surface area contributed by atoms with Gasteiger partial charge in [0, 0.05) is 16.3 Å². The average Bonchev–Trinajstić information content (AvgIpc) is 2.73. The van der Waals surface area contributed by atoms with E-state index in [9.17, 15) is 9.59 Å². The Morgan fingerprint density at radius 2 is 1.52 bits per heavy atom. The highest BCUT2D eigenvalue weighted by molar-refractivity contribution is 8.00. The van der Waals surface area contributed by atoms with Gasteiger partial charge in [0.1, 0.15) is 5.75 Å². The fraction of sp³-hybridized carbons (Fsp3) is 0.200. The van der Waals surface area contributed by atoms with E-state index in [0.717, 1.165) is 21.7 Å². The van der Waals surface area contributed by atoms with Gasteiger partial charge < -0.3 is 15.4 Å². The van der Waals surface area contributed by atoms with Crippen molar-refractivity contribution in [3.63, 3.8) is 0 Å². The van der Waals surface area contributed by atoms with Crippen molar-refractivity contribution in [2.75, 3.05) is 17.2 Å². The first-order chi connectivity index (χ1) is 14.9. The van der Waals surface area contributed by atoms with Crippen LogP contribution in [0.15, 0.2) is 77.7 Å². The zero-order valence-corrected chi connectivity index (χ0v) is 18.7. The quantitative estimate of drug-likeness (QED) is 0.463. The van der Waals surface area contributed by atoms with E-state index in [1.807, 2.05) is 75.4 Å². The smallest absolute Gasteiger partial charge is 0.262 e. The Hall–Kier alpha value is -3.25. The normalized spacial score (nSPS) is 11.5. The number of hydrogen-bond donors (Lipinski definition) is 2. The van der Waals surface area contributed by atoms with Gasteiger partial charge in [-0.2, -0.15) is 0 Å². The third-order valence-electron chi connectivity index (χ3n) is 4.42. The van der Waals surface area contributed by atoms with Crippen LogP contribution in [0.25, 0.3) is 0 Å². The van der Waals surface area contributed by atoms with Crippen molar-refractivity contribution in [2.45, 2.75) is 30.9 Å². The molecule has 2 N–H and O–H groups in total. The minimum atomic E-state index is -0.263. The number of rotatable bonds is 8. The number of para-hydroxylation sites is 1. The van der Waals surface area contributed by atoms with E-state index < -0.39 is 0 Å². The molecule has 5 nitrogen and oxygen atoms in total. The van der Waals surface area contributed by atoms with Gasteiger partial charge >= 0.3 is 0 Å². The molecule has 0 bridgehead atoms. The van der Waals surface area contributed by atoms with E-state index in [0.29, 0.717) is 11.4 Å². The van der Waals surface area contributed by atoms with Crippen LogP contribution in [0.2, 0.25) is 0 Å². The van der Waals surface area contributed by atoms with Gasteiger partial charge in [-0.05, 0) is 80.4 Å². The summed E-state index contributed by atoms with van der Waals surface area (Å²) in [5, 5.41) is 5.52. The molecule has 6 heteroatoms. The second-order valence-corrected chi connectivity index (χ2v) is 8.71. The third kappa shape index (κ3) is 7.19. The predicted octanol–water partition coefficient (Wildman–Crippen LogP) is 5.44. The molecular formula is C25H26N2O3S. The topological polar surface area (TPSA) is 67.4 Å². The molecule has 3 aromatic rings. The maximum Gasteiger partial charge on any atom is 0.262 e. The molecule has 1 atom stereocenters. The number of carbonyl (C=O) groups excluding carboxylic acids is 2. The third-order valence-corrected chi connectivity index (χ3v) is 5.53. The highest BCUT2D eigenvalue weighted by Crippen LogP contribution is 2.26.